The standard InChI is InChI=1S/C13H17N3O4.ClH/c1-20-12-8-10(16(18)19)2-3-11(12)15-13(17)9-4-6-14-7-5-9;/h2-3,8-9,14H,4-7H2,1H3,(H,15,17);1H. The van der Waals surface area contributed by atoms with E-state index in [1.165, 1.54) is 25.3 Å². The number of anilines is 1. The summed E-state index contributed by atoms with van der Waals surface area (Å²) in [4.78, 5) is 22.3. The number of nitrogens with one attached hydrogen (secondary N) is 2. The normalized spacial score (nSPS) is 14.9. The van der Waals surface area contributed by atoms with E-state index >= 15 is 0 Å². The van der Waals surface area contributed by atoms with E-state index in [4.69, 9.17) is 4.74 Å². The Morgan fingerprint density at radius 3 is 2.67 bits per heavy atom. The number of nitro benzene ring substituents is 1. The second-order valence-electron chi connectivity index (χ2n) is 4.66. The van der Waals surface area contributed by atoms with Gasteiger partial charge in [-0.15, -0.1) is 12.4 Å². The molecule has 1 aromatic carbocycles. The second-order valence-corrected chi connectivity index (χ2v) is 4.66. The van der Waals surface area contributed by atoms with Gasteiger partial charge < -0.3 is 15.4 Å². The Morgan fingerprint density at radius 2 is 2.10 bits per heavy atom. The quantitative estimate of drug-likeness (QED) is 0.654. The monoisotopic (exact) mass is 315 g/mol. The molecular formula is C13H18ClN3O4. The third-order valence-electron chi connectivity index (χ3n) is 3.36. The van der Waals surface area contributed by atoms with Gasteiger partial charge in [0.2, 0.25) is 5.91 Å². The third-order valence-corrected chi connectivity index (χ3v) is 3.36. The molecule has 1 fully saturated rings. The van der Waals surface area contributed by atoms with Gasteiger partial charge in [-0.2, -0.15) is 0 Å². The lowest BCUT2D eigenvalue weighted by Gasteiger charge is -2.22. The van der Waals surface area contributed by atoms with Crippen LogP contribution in [0.15, 0.2) is 18.2 Å². The molecule has 8 heteroatoms. The highest BCUT2D eigenvalue weighted by Gasteiger charge is 2.22. The molecule has 0 spiro atoms. The molecule has 21 heavy (non-hydrogen) atoms. The van der Waals surface area contributed by atoms with Gasteiger partial charge in [0, 0.05) is 12.0 Å². The summed E-state index contributed by atoms with van der Waals surface area (Å²) in [6, 6.07) is 4.15. The molecule has 1 heterocycles. The zero-order valence-electron chi connectivity index (χ0n) is 11.6. The topological polar surface area (TPSA) is 93.5 Å². The average Bonchev–Trinajstić information content (AvgIpc) is 2.48. The van der Waals surface area contributed by atoms with E-state index in [-0.39, 0.29) is 29.9 Å². The molecule has 1 amide bonds. The second kappa shape index (κ2) is 7.80. The highest BCUT2D eigenvalue weighted by atomic mass is 35.5. The molecule has 0 saturated carbocycles. The number of nitrogens with zero attached hydrogens (tertiary/aromatic N) is 1. The lowest BCUT2D eigenvalue weighted by molar-refractivity contribution is -0.384. The Bertz CT molecular complexity index is 518. The van der Waals surface area contributed by atoms with Gasteiger partial charge in [0.05, 0.1) is 23.8 Å². The van der Waals surface area contributed by atoms with E-state index in [9.17, 15) is 14.9 Å². The summed E-state index contributed by atoms with van der Waals surface area (Å²) >= 11 is 0. The maximum atomic E-state index is 12.1. The first-order valence-corrected chi connectivity index (χ1v) is 6.46. The number of halogens is 1. The van der Waals surface area contributed by atoms with Gasteiger partial charge in [0.1, 0.15) is 5.75 Å². The van der Waals surface area contributed by atoms with Crippen LogP contribution in [0.2, 0.25) is 0 Å². The first-order valence-electron chi connectivity index (χ1n) is 6.46. The van der Waals surface area contributed by atoms with Gasteiger partial charge in [0.25, 0.3) is 5.69 Å². The number of piperidine rings is 1. The molecule has 0 aromatic heterocycles. The molecule has 0 radical (unpaired) electrons. The molecule has 2 N–H and O–H groups in total. The van der Waals surface area contributed by atoms with Crippen molar-refractivity contribution >= 4 is 29.7 Å². The van der Waals surface area contributed by atoms with Crippen LogP contribution in [-0.4, -0.2) is 31.0 Å². The number of benzene rings is 1. The number of hydrogen-bond donors (Lipinski definition) is 2. The van der Waals surface area contributed by atoms with Crippen LogP contribution < -0.4 is 15.4 Å². The highest BCUT2D eigenvalue weighted by molar-refractivity contribution is 5.94. The minimum absolute atomic E-state index is 0. The van der Waals surface area contributed by atoms with Gasteiger partial charge in [-0.25, -0.2) is 0 Å². The summed E-state index contributed by atoms with van der Waals surface area (Å²) in [5.41, 5.74) is 0.392. The van der Waals surface area contributed by atoms with Gasteiger partial charge >= 0.3 is 0 Å². The summed E-state index contributed by atoms with van der Waals surface area (Å²) in [6.45, 7) is 1.66. The Labute approximate surface area is 128 Å². The highest BCUT2D eigenvalue weighted by Crippen LogP contribution is 2.29. The van der Waals surface area contributed by atoms with Crippen LogP contribution in [0.25, 0.3) is 0 Å². The van der Waals surface area contributed by atoms with Crippen molar-refractivity contribution in [1.82, 2.24) is 5.32 Å². The lowest BCUT2D eigenvalue weighted by Crippen LogP contribution is -2.34. The average molecular weight is 316 g/mol. The van der Waals surface area contributed by atoms with E-state index in [0.29, 0.717) is 11.4 Å². The van der Waals surface area contributed by atoms with Crippen molar-refractivity contribution in [3.05, 3.63) is 28.3 Å². The molecule has 0 atom stereocenters. The van der Waals surface area contributed by atoms with E-state index in [2.05, 4.69) is 10.6 Å². The van der Waals surface area contributed by atoms with Gasteiger partial charge in [-0.3, -0.25) is 14.9 Å². The maximum Gasteiger partial charge on any atom is 0.273 e. The Hall–Kier alpha value is -1.86. The van der Waals surface area contributed by atoms with Gasteiger partial charge in [-0.1, -0.05) is 0 Å². The number of non-ortho nitro benzene ring substituents is 1. The van der Waals surface area contributed by atoms with Gasteiger partial charge in [0.15, 0.2) is 0 Å². The van der Waals surface area contributed by atoms with Crippen molar-refractivity contribution in [2.75, 3.05) is 25.5 Å². The number of methoxy groups -OCH3 is 1. The Balaban J connectivity index is 0.00000220. The Morgan fingerprint density at radius 1 is 1.43 bits per heavy atom. The summed E-state index contributed by atoms with van der Waals surface area (Å²) < 4.78 is 5.09. The van der Waals surface area contributed by atoms with Crippen molar-refractivity contribution in [2.24, 2.45) is 5.92 Å². The number of carbonyl (C=O) groups is 1. The van der Waals surface area contributed by atoms with Crippen LogP contribution >= 0.6 is 12.4 Å². The number of amides is 1. The van der Waals surface area contributed by atoms with Crippen LogP contribution in [0.4, 0.5) is 11.4 Å². The van der Waals surface area contributed by atoms with Crippen LogP contribution in [0.3, 0.4) is 0 Å². The number of rotatable bonds is 4. The van der Waals surface area contributed by atoms with E-state index in [0.717, 1.165) is 25.9 Å². The van der Waals surface area contributed by atoms with Crippen LogP contribution in [-0.2, 0) is 4.79 Å². The van der Waals surface area contributed by atoms with Gasteiger partial charge in [-0.05, 0) is 32.0 Å². The molecule has 1 aliphatic heterocycles. The van der Waals surface area contributed by atoms with Crippen molar-refractivity contribution in [2.45, 2.75) is 12.8 Å². The first-order chi connectivity index (χ1) is 9.61. The fourth-order valence-corrected chi connectivity index (χ4v) is 2.22. The molecule has 1 aromatic rings. The number of ether oxygens (including phenoxy) is 1. The number of nitro groups is 1. The molecule has 2 rings (SSSR count). The summed E-state index contributed by atoms with van der Waals surface area (Å²) in [5.74, 6) is 0.191. The summed E-state index contributed by atoms with van der Waals surface area (Å²) in [7, 11) is 1.42. The molecule has 0 unspecified atom stereocenters. The summed E-state index contributed by atoms with van der Waals surface area (Å²) in [6.07, 6.45) is 1.59. The van der Waals surface area contributed by atoms with E-state index in [1.807, 2.05) is 0 Å². The van der Waals surface area contributed by atoms with E-state index in [1.54, 1.807) is 0 Å². The smallest absolute Gasteiger partial charge is 0.273 e. The third kappa shape index (κ3) is 4.30. The molecule has 1 saturated heterocycles. The molecule has 0 aliphatic carbocycles. The fraction of sp³-hybridized carbons (Fsp3) is 0.462. The Kier molecular flexibility index (Phi) is 6.39. The minimum Gasteiger partial charge on any atom is -0.494 e. The first kappa shape index (κ1) is 17.2. The molecule has 7 nitrogen and oxygen atoms in total. The zero-order chi connectivity index (χ0) is 14.5. The van der Waals surface area contributed by atoms with E-state index < -0.39 is 4.92 Å². The van der Waals surface area contributed by atoms with Crippen LogP contribution in [0.5, 0.6) is 5.75 Å². The van der Waals surface area contributed by atoms with Crippen molar-refractivity contribution in [3.8, 4) is 5.75 Å². The van der Waals surface area contributed by atoms with Crippen molar-refractivity contribution in [1.29, 1.82) is 0 Å². The van der Waals surface area contributed by atoms with Crippen LogP contribution in [0.1, 0.15) is 12.8 Å². The number of hydrogen-bond acceptors (Lipinski definition) is 5. The maximum absolute atomic E-state index is 12.1. The van der Waals surface area contributed by atoms with Crippen molar-refractivity contribution in [3.63, 3.8) is 0 Å². The lowest BCUT2D eigenvalue weighted by atomic mass is 9.97. The zero-order valence-corrected chi connectivity index (χ0v) is 12.4. The summed E-state index contributed by atoms with van der Waals surface area (Å²) in [5, 5.41) is 16.7. The minimum atomic E-state index is -0.499. The predicted octanol–water partition coefficient (Wildman–Crippen LogP) is 1.96. The molecule has 0 bridgehead atoms. The fourth-order valence-electron chi connectivity index (χ4n) is 2.22. The predicted molar refractivity (Wildman–Crippen MR) is 81.1 cm³/mol. The number of carbonyl (C=O) groups excluding carboxylic acids is 1. The SMILES string of the molecule is COc1cc([N+](=O)[O-])ccc1NC(=O)C1CCNCC1.Cl. The largest absolute Gasteiger partial charge is 0.494 e. The van der Waals surface area contributed by atoms with Crippen LogP contribution in [0, 0.1) is 16.0 Å². The molecular weight excluding hydrogens is 298 g/mol. The molecule has 1 aliphatic rings. The molecule has 116 valence electrons. The van der Waals surface area contributed by atoms with Crippen molar-refractivity contribution < 1.29 is 14.5 Å².